The molecule has 1 amide bonds. The van der Waals surface area contributed by atoms with Crippen molar-refractivity contribution in [3.8, 4) is 11.5 Å². The number of nitrogens with zero attached hydrogens (tertiary/aromatic N) is 2. The number of aryl methyl sites for hydroxylation is 1. The standard InChI is InChI=1S/C28H24N2O5S/c1-4-35-18-13-14-20-22(15-18)36-28(29-20)30-24(19-7-5-6-8-21(19)34-3)23(26(32)27(30)33)25(31)17-11-9-16(2)10-12-17/h5-15,24,31H,4H2,1-3H3/t24-/m1/s1. The molecule has 1 N–H and O–H groups in total. The Morgan fingerprint density at radius 2 is 1.83 bits per heavy atom. The Bertz CT molecular complexity index is 1510. The van der Waals surface area contributed by atoms with Crippen molar-refractivity contribution in [2.24, 2.45) is 0 Å². The van der Waals surface area contributed by atoms with Gasteiger partial charge in [-0.15, -0.1) is 0 Å². The van der Waals surface area contributed by atoms with Gasteiger partial charge in [0.2, 0.25) is 0 Å². The molecule has 4 aromatic rings. The van der Waals surface area contributed by atoms with Crippen LogP contribution in [0.1, 0.15) is 29.7 Å². The fourth-order valence-corrected chi connectivity index (χ4v) is 5.36. The van der Waals surface area contributed by atoms with E-state index >= 15 is 0 Å². The van der Waals surface area contributed by atoms with Gasteiger partial charge in [-0.1, -0.05) is 59.4 Å². The Kier molecular flexibility index (Phi) is 6.20. The van der Waals surface area contributed by atoms with Gasteiger partial charge in [0.15, 0.2) is 5.13 Å². The van der Waals surface area contributed by atoms with Crippen LogP contribution in [-0.2, 0) is 9.59 Å². The molecule has 1 fully saturated rings. The van der Waals surface area contributed by atoms with E-state index in [1.54, 1.807) is 36.4 Å². The number of anilines is 1. The van der Waals surface area contributed by atoms with Crippen molar-refractivity contribution in [3.05, 3.63) is 89.0 Å². The van der Waals surface area contributed by atoms with Gasteiger partial charge in [-0.3, -0.25) is 14.5 Å². The number of carbonyl (C=O) groups excluding carboxylic acids is 2. The van der Waals surface area contributed by atoms with Crippen LogP contribution in [0, 0.1) is 6.92 Å². The smallest absolute Gasteiger partial charge is 0.301 e. The summed E-state index contributed by atoms with van der Waals surface area (Å²) in [6, 6.07) is 18.9. The number of ketones is 1. The number of thiazole rings is 1. The second-order valence-corrected chi connectivity index (χ2v) is 9.35. The normalized spacial score (nSPS) is 17.1. The van der Waals surface area contributed by atoms with E-state index in [1.165, 1.54) is 23.3 Å². The summed E-state index contributed by atoms with van der Waals surface area (Å²) in [6.07, 6.45) is 0. The number of benzene rings is 3. The molecule has 1 aliphatic heterocycles. The maximum Gasteiger partial charge on any atom is 0.301 e. The van der Waals surface area contributed by atoms with Crippen molar-refractivity contribution in [3.63, 3.8) is 0 Å². The fraction of sp³-hybridized carbons (Fsp3) is 0.179. The number of methoxy groups -OCH3 is 1. The van der Waals surface area contributed by atoms with Crippen LogP contribution in [0.15, 0.2) is 72.3 Å². The molecule has 182 valence electrons. The Morgan fingerprint density at radius 3 is 2.56 bits per heavy atom. The van der Waals surface area contributed by atoms with Crippen molar-refractivity contribution in [1.29, 1.82) is 0 Å². The van der Waals surface area contributed by atoms with E-state index in [4.69, 9.17) is 9.47 Å². The van der Waals surface area contributed by atoms with Gasteiger partial charge >= 0.3 is 5.91 Å². The topological polar surface area (TPSA) is 89.0 Å². The quantitative estimate of drug-likeness (QED) is 0.209. The van der Waals surface area contributed by atoms with Crippen LogP contribution in [0.5, 0.6) is 11.5 Å². The molecule has 1 saturated heterocycles. The molecule has 0 bridgehead atoms. The lowest BCUT2D eigenvalue weighted by Gasteiger charge is -2.24. The molecule has 36 heavy (non-hydrogen) atoms. The zero-order valence-electron chi connectivity index (χ0n) is 20.0. The maximum absolute atomic E-state index is 13.5. The number of para-hydroxylation sites is 1. The number of aliphatic hydroxyl groups is 1. The number of carbonyl (C=O) groups is 2. The lowest BCUT2D eigenvalue weighted by molar-refractivity contribution is -0.132. The molecule has 2 heterocycles. The molecule has 1 aliphatic rings. The van der Waals surface area contributed by atoms with Gasteiger partial charge in [-0.2, -0.15) is 0 Å². The zero-order valence-corrected chi connectivity index (χ0v) is 20.8. The molecule has 0 aliphatic carbocycles. The zero-order chi connectivity index (χ0) is 25.4. The minimum absolute atomic E-state index is 0.0115. The third-order valence-electron chi connectivity index (χ3n) is 6.07. The van der Waals surface area contributed by atoms with Crippen LogP contribution in [0.3, 0.4) is 0 Å². The molecular formula is C28H24N2O5S. The number of ether oxygens (including phenoxy) is 2. The fourth-order valence-electron chi connectivity index (χ4n) is 4.34. The van der Waals surface area contributed by atoms with Crippen molar-refractivity contribution in [1.82, 2.24) is 4.98 Å². The van der Waals surface area contributed by atoms with E-state index in [9.17, 15) is 14.7 Å². The Hall–Kier alpha value is -4.17. The molecule has 1 atom stereocenters. The summed E-state index contributed by atoms with van der Waals surface area (Å²) in [5, 5.41) is 11.6. The van der Waals surface area contributed by atoms with Gasteiger partial charge in [0.25, 0.3) is 5.78 Å². The molecule has 7 nitrogen and oxygen atoms in total. The van der Waals surface area contributed by atoms with E-state index < -0.39 is 17.7 Å². The minimum atomic E-state index is -0.922. The van der Waals surface area contributed by atoms with Crippen LogP contribution >= 0.6 is 11.3 Å². The monoisotopic (exact) mass is 500 g/mol. The van der Waals surface area contributed by atoms with Gasteiger partial charge < -0.3 is 14.6 Å². The SMILES string of the molecule is CCOc1ccc2nc(N3C(=O)C(=O)C(=C(O)c4ccc(C)cc4)[C@H]3c3ccccc3OC)sc2c1. The first kappa shape index (κ1) is 23.6. The summed E-state index contributed by atoms with van der Waals surface area (Å²) >= 11 is 1.28. The summed E-state index contributed by atoms with van der Waals surface area (Å²) in [5.41, 5.74) is 2.70. The molecule has 0 spiro atoms. The largest absolute Gasteiger partial charge is 0.507 e. The Morgan fingerprint density at radius 1 is 1.08 bits per heavy atom. The number of amides is 1. The van der Waals surface area contributed by atoms with Crippen molar-refractivity contribution < 1.29 is 24.2 Å². The second kappa shape index (κ2) is 9.47. The van der Waals surface area contributed by atoms with E-state index in [-0.39, 0.29) is 11.3 Å². The van der Waals surface area contributed by atoms with Crippen LogP contribution < -0.4 is 14.4 Å². The predicted octanol–water partition coefficient (Wildman–Crippen LogP) is 5.64. The van der Waals surface area contributed by atoms with Crippen molar-refractivity contribution in [2.45, 2.75) is 19.9 Å². The Balaban J connectivity index is 1.72. The lowest BCUT2D eigenvalue weighted by Crippen LogP contribution is -2.29. The summed E-state index contributed by atoms with van der Waals surface area (Å²) in [4.78, 5) is 32.9. The maximum atomic E-state index is 13.5. The average molecular weight is 501 g/mol. The molecule has 0 saturated carbocycles. The van der Waals surface area contributed by atoms with E-state index in [1.807, 2.05) is 44.2 Å². The van der Waals surface area contributed by atoms with Crippen LogP contribution in [0.25, 0.3) is 16.0 Å². The molecule has 1 aromatic heterocycles. The first-order valence-corrected chi connectivity index (χ1v) is 12.3. The summed E-state index contributed by atoms with van der Waals surface area (Å²) in [7, 11) is 1.53. The first-order chi connectivity index (χ1) is 17.4. The van der Waals surface area contributed by atoms with Gasteiger partial charge in [-0.25, -0.2) is 4.98 Å². The predicted molar refractivity (Wildman–Crippen MR) is 140 cm³/mol. The number of hydrogen-bond acceptors (Lipinski definition) is 7. The highest BCUT2D eigenvalue weighted by molar-refractivity contribution is 7.22. The molecule has 5 rings (SSSR count). The van der Waals surface area contributed by atoms with Gasteiger partial charge in [0.05, 0.1) is 29.5 Å². The van der Waals surface area contributed by atoms with E-state index in [0.29, 0.717) is 39.9 Å². The average Bonchev–Trinajstić information content (AvgIpc) is 3.42. The number of fused-ring (bicyclic) bond motifs is 1. The van der Waals surface area contributed by atoms with Crippen molar-refractivity contribution >= 4 is 44.1 Å². The number of hydrogen-bond donors (Lipinski definition) is 1. The lowest BCUT2D eigenvalue weighted by atomic mass is 9.94. The Labute approximate surface area is 212 Å². The molecule has 3 aromatic carbocycles. The summed E-state index contributed by atoms with van der Waals surface area (Å²) < 4.78 is 12.0. The first-order valence-electron chi connectivity index (χ1n) is 11.5. The number of aromatic nitrogens is 1. The molecule has 8 heteroatoms. The second-order valence-electron chi connectivity index (χ2n) is 8.34. The third kappa shape index (κ3) is 3.99. The minimum Gasteiger partial charge on any atom is -0.507 e. The molecular weight excluding hydrogens is 476 g/mol. The van der Waals surface area contributed by atoms with Crippen LogP contribution in [0.4, 0.5) is 5.13 Å². The van der Waals surface area contributed by atoms with Gasteiger partial charge in [0, 0.05) is 11.1 Å². The summed E-state index contributed by atoms with van der Waals surface area (Å²) in [5.74, 6) is -0.597. The van der Waals surface area contributed by atoms with Crippen LogP contribution in [0.2, 0.25) is 0 Å². The number of rotatable bonds is 6. The van der Waals surface area contributed by atoms with E-state index in [0.717, 1.165) is 10.3 Å². The van der Waals surface area contributed by atoms with Crippen molar-refractivity contribution in [2.75, 3.05) is 18.6 Å². The van der Waals surface area contributed by atoms with Gasteiger partial charge in [-0.05, 0) is 38.1 Å². The molecule has 0 unspecified atom stereocenters. The van der Waals surface area contributed by atoms with Crippen LogP contribution in [-0.4, -0.2) is 35.5 Å². The highest BCUT2D eigenvalue weighted by Gasteiger charge is 2.49. The number of Topliss-reactive ketones (excluding diaryl/α,β-unsaturated/α-hetero) is 1. The molecule has 0 radical (unpaired) electrons. The number of aliphatic hydroxyl groups excluding tert-OH is 1. The third-order valence-corrected chi connectivity index (χ3v) is 7.09. The van der Waals surface area contributed by atoms with E-state index in [2.05, 4.69) is 4.98 Å². The van der Waals surface area contributed by atoms with Gasteiger partial charge in [0.1, 0.15) is 23.3 Å². The highest BCUT2D eigenvalue weighted by atomic mass is 32.1. The highest BCUT2D eigenvalue weighted by Crippen LogP contribution is 2.46. The summed E-state index contributed by atoms with van der Waals surface area (Å²) in [6.45, 7) is 4.36.